The van der Waals surface area contributed by atoms with E-state index in [2.05, 4.69) is 11.6 Å². The molecule has 0 N–H and O–H groups in total. The molecule has 52 valence electrons. The highest BCUT2D eigenvalue weighted by atomic mass is 35.5. The second kappa shape index (κ2) is 3.37. The monoisotopic (exact) mass is 155 g/mol. The lowest BCUT2D eigenvalue weighted by atomic mass is 10.2. The van der Waals surface area contributed by atoms with Gasteiger partial charge in [0, 0.05) is 5.56 Å². The molecule has 0 bridgehead atoms. The summed E-state index contributed by atoms with van der Waals surface area (Å²) in [4.78, 5) is 10.9. The number of halogens is 1. The molecule has 0 aliphatic rings. The number of carbonyl (C=O) groups is 1. The van der Waals surface area contributed by atoms with Crippen molar-refractivity contribution in [3.8, 4) is 0 Å². The molecule has 0 spiro atoms. The van der Waals surface area contributed by atoms with Gasteiger partial charge in [-0.15, -0.1) is 0 Å². The molecule has 10 heavy (non-hydrogen) atoms. The van der Waals surface area contributed by atoms with Crippen LogP contribution in [-0.2, 0) is 0 Å². The number of benzene rings is 1. The number of alkyl halides is 1. The molecule has 1 nitrogen and oxygen atoms in total. The van der Waals surface area contributed by atoms with Crippen LogP contribution in [0.3, 0.4) is 0 Å². The Morgan fingerprint density at radius 1 is 1.30 bits per heavy atom. The molecular weight excluding hydrogens is 148 g/mol. The summed E-state index contributed by atoms with van der Waals surface area (Å²) < 4.78 is 0. The minimum atomic E-state index is 0.0237. The Bertz CT molecular complexity index is 218. The fraction of sp³-hybridized carbons (Fsp3) is 0.125. The van der Waals surface area contributed by atoms with Gasteiger partial charge >= 0.3 is 0 Å². The number of hydrogen-bond acceptors (Lipinski definition) is 1. The summed E-state index contributed by atoms with van der Waals surface area (Å²) in [5.41, 5.74) is 0.706. The largest absolute Gasteiger partial charge is 0.288 e. The zero-order chi connectivity index (χ0) is 7.40. The van der Waals surface area contributed by atoms with Crippen molar-refractivity contribution in [1.82, 2.24) is 0 Å². The molecule has 1 aromatic rings. The number of ketones is 1. The van der Waals surface area contributed by atoms with Gasteiger partial charge in [-0.1, -0.05) is 30.3 Å². The number of rotatable bonds is 2. The summed E-state index contributed by atoms with van der Waals surface area (Å²) in [5.74, 6) is 0.194. The van der Waals surface area contributed by atoms with E-state index in [1.54, 1.807) is 12.1 Å². The molecule has 0 amide bonds. The molecule has 0 saturated carbocycles. The lowest BCUT2D eigenvalue weighted by molar-refractivity contribution is -0.349. The molecule has 0 heterocycles. The Balaban J connectivity index is 2.85. The fourth-order valence-corrected chi connectivity index (χ4v) is 0.874. The predicted octanol–water partition coefficient (Wildman–Crippen LogP) is 1.15. The van der Waals surface area contributed by atoms with Gasteiger partial charge in [0.2, 0.25) is 11.7 Å². The average Bonchev–Trinajstić information content (AvgIpc) is 2.05. The summed E-state index contributed by atoms with van der Waals surface area (Å²) in [6.45, 7) is 0. The Morgan fingerprint density at radius 2 is 1.90 bits per heavy atom. The van der Waals surface area contributed by atoms with Crippen LogP contribution in [0.2, 0.25) is 0 Å². The molecule has 1 aromatic carbocycles. The van der Waals surface area contributed by atoms with Crippen molar-refractivity contribution >= 4 is 5.78 Å². The number of hydrogen-bond donors (Lipinski definition) is 0. The summed E-state index contributed by atoms with van der Waals surface area (Å²) >= 11 is 4.61. The van der Waals surface area contributed by atoms with Gasteiger partial charge in [0.15, 0.2) is 0 Å². The van der Waals surface area contributed by atoms with Crippen molar-refractivity contribution in [1.29, 1.82) is 0 Å². The fourth-order valence-electron chi connectivity index (χ4n) is 0.707. The first kappa shape index (κ1) is 7.29. The maximum Gasteiger partial charge on any atom is 0.232 e. The van der Waals surface area contributed by atoms with Crippen molar-refractivity contribution in [2.45, 2.75) is 0 Å². The maximum atomic E-state index is 10.9. The molecule has 0 saturated heterocycles. The zero-order valence-corrected chi connectivity index (χ0v) is 6.23. The van der Waals surface area contributed by atoms with Gasteiger partial charge in [-0.25, -0.2) is 0 Å². The second-order valence-corrected chi connectivity index (χ2v) is 2.22. The standard InChI is InChI=1S/C8H8ClO/c9-6-8(10)7-4-2-1-3-5-7/h1-5,9H,6H2/q+1. The summed E-state index contributed by atoms with van der Waals surface area (Å²) in [6.07, 6.45) is 0. The summed E-state index contributed by atoms with van der Waals surface area (Å²) in [7, 11) is 0. The van der Waals surface area contributed by atoms with Crippen molar-refractivity contribution < 1.29 is 16.4 Å². The van der Waals surface area contributed by atoms with Crippen molar-refractivity contribution in [3.05, 3.63) is 35.9 Å². The summed E-state index contributed by atoms with van der Waals surface area (Å²) in [6, 6.07) is 9.08. The van der Waals surface area contributed by atoms with E-state index in [9.17, 15) is 4.79 Å². The topological polar surface area (TPSA) is 17.1 Å². The minimum Gasteiger partial charge on any atom is -0.288 e. The van der Waals surface area contributed by atoms with E-state index in [1.165, 1.54) is 0 Å². The third-order valence-electron chi connectivity index (χ3n) is 1.23. The van der Waals surface area contributed by atoms with E-state index in [0.29, 0.717) is 5.56 Å². The van der Waals surface area contributed by atoms with Crippen LogP contribution in [-0.4, -0.2) is 11.7 Å². The summed E-state index contributed by atoms with van der Waals surface area (Å²) in [5, 5.41) is 0. The smallest absolute Gasteiger partial charge is 0.232 e. The first-order valence-electron chi connectivity index (χ1n) is 3.01. The molecule has 2 heteroatoms. The first-order chi connectivity index (χ1) is 4.84. The molecule has 0 aromatic heterocycles. The van der Waals surface area contributed by atoms with E-state index < -0.39 is 0 Å². The lowest BCUT2D eigenvalue weighted by Crippen LogP contribution is -2.01. The molecule has 0 aliphatic heterocycles. The maximum absolute atomic E-state index is 10.9. The minimum absolute atomic E-state index is 0.0237. The third-order valence-corrected chi connectivity index (χ3v) is 1.49. The van der Waals surface area contributed by atoms with Crippen LogP contribution in [0, 0.1) is 11.6 Å². The Labute approximate surface area is 64.6 Å². The van der Waals surface area contributed by atoms with Crippen molar-refractivity contribution in [3.63, 3.8) is 0 Å². The van der Waals surface area contributed by atoms with Crippen molar-refractivity contribution in [2.75, 3.05) is 5.88 Å². The van der Waals surface area contributed by atoms with Gasteiger partial charge in [0.1, 0.15) is 11.6 Å². The van der Waals surface area contributed by atoms with Gasteiger partial charge in [0.05, 0.1) is 0 Å². The average molecular weight is 156 g/mol. The molecule has 0 aliphatic carbocycles. The van der Waals surface area contributed by atoms with Crippen LogP contribution in [0.25, 0.3) is 0 Å². The van der Waals surface area contributed by atoms with Gasteiger partial charge in [-0.3, -0.25) is 4.79 Å². The van der Waals surface area contributed by atoms with Crippen LogP contribution >= 0.6 is 0 Å². The molecule has 0 unspecified atom stereocenters. The second-order valence-electron chi connectivity index (χ2n) is 1.93. The van der Waals surface area contributed by atoms with Crippen LogP contribution in [0.4, 0.5) is 0 Å². The quantitative estimate of drug-likeness (QED) is 0.463. The van der Waals surface area contributed by atoms with Gasteiger partial charge in [0.25, 0.3) is 0 Å². The Hall–Kier alpha value is -0.820. The Morgan fingerprint density at radius 3 is 2.40 bits per heavy atom. The van der Waals surface area contributed by atoms with Crippen LogP contribution < -0.4 is 0 Å². The number of carbonyl (C=O) groups excluding carboxylic acids is 1. The molecule has 1 rings (SSSR count). The molecule has 0 radical (unpaired) electrons. The van der Waals surface area contributed by atoms with Gasteiger partial charge in [-0.2, -0.15) is 0 Å². The molecular formula is C8H8ClO+. The van der Waals surface area contributed by atoms with Crippen molar-refractivity contribution in [2.24, 2.45) is 0 Å². The van der Waals surface area contributed by atoms with E-state index in [0.717, 1.165) is 0 Å². The normalized spacial score (nSPS) is 9.30. The zero-order valence-electron chi connectivity index (χ0n) is 5.41. The molecule has 0 atom stereocenters. The third kappa shape index (κ3) is 1.58. The van der Waals surface area contributed by atoms with E-state index in [1.807, 2.05) is 18.2 Å². The highest BCUT2D eigenvalue weighted by Gasteiger charge is 2.05. The van der Waals surface area contributed by atoms with E-state index in [4.69, 9.17) is 0 Å². The first-order valence-corrected chi connectivity index (χ1v) is 3.58. The van der Waals surface area contributed by atoms with Crippen LogP contribution in [0.1, 0.15) is 10.4 Å². The number of Topliss-reactive ketones (excluding diaryl/α,β-unsaturated/α-hetero) is 1. The Kier molecular flexibility index (Phi) is 2.46. The SMILES string of the molecule is O=C(C[ClH+])c1ccccc1. The van der Waals surface area contributed by atoms with E-state index in [-0.39, 0.29) is 11.7 Å². The molecule has 0 fully saturated rings. The van der Waals surface area contributed by atoms with Gasteiger partial charge < -0.3 is 0 Å². The highest BCUT2D eigenvalue weighted by Crippen LogP contribution is 1.98. The van der Waals surface area contributed by atoms with Gasteiger partial charge in [-0.05, 0) is 0 Å². The highest BCUT2D eigenvalue weighted by molar-refractivity contribution is 5.96. The van der Waals surface area contributed by atoms with Crippen LogP contribution in [0.15, 0.2) is 30.3 Å². The van der Waals surface area contributed by atoms with E-state index >= 15 is 0 Å². The van der Waals surface area contributed by atoms with Crippen LogP contribution in [0.5, 0.6) is 0 Å². The lowest BCUT2D eigenvalue weighted by Gasteiger charge is -1.89. The predicted molar refractivity (Wildman–Crippen MR) is 37.0 cm³/mol.